The molecule has 0 radical (unpaired) electrons. The fraction of sp³-hybridized carbons (Fsp3) is 0.562. The van der Waals surface area contributed by atoms with Crippen molar-refractivity contribution in [3.05, 3.63) is 35.4 Å². The van der Waals surface area contributed by atoms with E-state index in [0.717, 1.165) is 0 Å². The number of aliphatic hydroxyl groups is 1. The fourth-order valence-corrected chi connectivity index (χ4v) is 1.99. The highest BCUT2D eigenvalue weighted by Crippen LogP contribution is 2.15. The van der Waals surface area contributed by atoms with Crippen molar-refractivity contribution < 1.29 is 9.90 Å². The summed E-state index contributed by atoms with van der Waals surface area (Å²) in [5, 5.41) is 14.5. The molecule has 0 aliphatic heterocycles. The Morgan fingerprint density at radius 1 is 1.25 bits per heavy atom. The molecular weight excluding hydrogens is 252 g/mol. The molecule has 3 N–H and O–H groups in total. The molecule has 2 atom stereocenters. The van der Waals surface area contributed by atoms with Gasteiger partial charge in [0.1, 0.15) is 0 Å². The highest BCUT2D eigenvalue weighted by Gasteiger charge is 2.08. The molecule has 4 heteroatoms. The Balaban J connectivity index is 2.30. The van der Waals surface area contributed by atoms with Crippen molar-refractivity contribution in [1.29, 1.82) is 0 Å². The van der Waals surface area contributed by atoms with Crippen LogP contribution >= 0.6 is 0 Å². The van der Waals surface area contributed by atoms with Crippen LogP contribution in [-0.2, 0) is 0 Å². The largest absolute Gasteiger partial charge is 0.396 e. The first-order chi connectivity index (χ1) is 9.52. The molecule has 0 bridgehead atoms. The summed E-state index contributed by atoms with van der Waals surface area (Å²) >= 11 is 0. The molecule has 0 spiro atoms. The van der Waals surface area contributed by atoms with E-state index >= 15 is 0 Å². The van der Waals surface area contributed by atoms with Gasteiger partial charge >= 0.3 is 6.03 Å². The number of urea groups is 1. The Kier molecular flexibility index (Phi) is 7.09. The smallest absolute Gasteiger partial charge is 0.314 e. The van der Waals surface area contributed by atoms with Gasteiger partial charge < -0.3 is 15.7 Å². The predicted molar refractivity (Wildman–Crippen MR) is 81.9 cm³/mol. The van der Waals surface area contributed by atoms with Gasteiger partial charge in [0.15, 0.2) is 0 Å². The maximum atomic E-state index is 11.7. The lowest BCUT2D eigenvalue weighted by Gasteiger charge is -2.15. The lowest BCUT2D eigenvalue weighted by molar-refractivity contribution is 0.233. The lowest BCUT2D eigenvalue weighted by atomic mass is 9.99. The number of hydrogen-bond acceptors (Lipinski definition) is 2. The molecule has 0 aliphatic carbocycles. The summed E-state index contributed by atoms with van der Waals surface area (Å²) in [5.74, 6) is 0.579. The van der Waals surface area contributed by atoms with Crippen LogP contribution in [0.15, 0.2) is 24.3 Å². The maximum absolute atomic E-state index is 11.7. The van der Waals surface area contributed by atoms with E-state index in [1.54, 1.807) is 0 Å². The van der Waals surface area contributed by atoms with Gasteiger partial charge in [-0.2, -0.15) is 0 Å². The predicted octanol–water partition coefficient (Wildman–Crippen LogP) is 2.42. The minimum atomic E-state index is -0.144. The quantitative estimate of drug-likeness (QED) is 0.717. The van der Waals surface area contributed by atoms with Crippen molar-refractivity contribution in [2.75, 3.05) is 19.7 Å². The lowest BCUT2D eigenvalue weighted by Crippen LogP contribution is -2.39. The van der Waals surface area contributed by atoms with Crippen LogP contribution in [0.5, 0.6) is 0 Å². The second-order valence-corrected chi connectivity index (χ2v) is 5.52. The third kappa shape index (κ3) is 6.06. The SMILES string of the molecule is Cc1cccc(C(C)CNC(=O)NCC(C)CCO)c1. The summed E-state index contributed by atoms with van der Waals surface area (Å²) in [6, 6.07) is 8.19. The van der Waals surface area contributed by atoms with E-state index in [-0.39, 0.29) is 18.6 Å². The molecule has 1 aromatic rings. The molecular formula is C16H26N2O2. The Labute approximate surface area is 121 Å². The molecule has 0 aliphatic rings. The minimum Gasteiger partial charge on any atom is -0.396 e. The van der Waals surface area contributed by atoms with E-state index in [0.29, 0.717) is 25.4 Å². The number of carbonyl (C=O) groups is 1. The van der Waals surface area contributed by atoms with Gasteiger partial charge in [-0.25, -0.2) is 4.79 Å². The number of benzene rings is 1. The molecule has 1 rings (SSSR count). The van der Waals surface area contributed by atoms with Crippen molar-refractivity contribution in [2.24, 2.45) is 5.92 Å². The average Bonchev–Trinajstić information content (AvgIpc) is 2.43. The van der Waals surface area contributed by atoms with Crippen LogP contribution in [0, 0.1) is 12.8 Å². The molecule has 0 fully saturated rings. The van der Waals surface area contributed by atoms with Crippen molar-refractivity contribution in [3.8, 4) is 0 Å². The van der Waals surface area contributed by atoms with E-state index in [9.17, 15) is 4.79 Å². The zero-order chi connectivity index (χ0) is 15.0. The topological polar surface area (TPSA) is 61.4 Å². The van der Waals surface area contributed by atoms with Crippen molar-refractivity contribution in [3.63, 3.8) is 0 Å². The number of carbonyl (C=O) groups excluding carboxylic acids is 1. The Morgan fingerprint density at radius 3 is 2.60 bits per heavy atom. The third-order valence-corrected chi connectivity index (χ3v) is 3.41. The van der Waals surface area contributed by atoms with Gasteiger partial charge in [0.2, 0.25) is 0 Å². The van der Waals surface area contributed by atoms with E-state index < -0.39 is 0 Å². The zero-order valence-corrected chi connectivity index (χ0v) is 12.6. The van der Waals surface area contributed by atoms with Crippen molar-refractivity contribution in [1.82, 2.24) is 10.6 Å². The molecule has 2 amide bonds. The van der Waals surface area contributed by atoms with Gasteiger partial charge in [0, 0.05) is 19.7 Å². The van der Waals surface area contributed by atoms with Gasteiger partial charge in [0.05, 0.1) is 0 Å². The van der Waals surface area contributed by atoms with Crippen LogP contribution in [0.25, 0.3) is 0 Å². The van der Waals surface area contributed by atoms with Gasteiger partial charge in [-0.3, -0.25) is 0 Å². The molecule has 0 saturated heterocycles. The molecule has 4 nitrogen and oxygen atoms in total. The van der Waals surface area contributed by atoms with Crippen molar-refractivity contribution >= 4 is 6.03 Å². The molecule has 20 heavy (non-hydrogen) atoms. The summed E-state index contributed by atoms with van der Waals surface area (Å²) in [4.78, 5) is 11.7. The average molecular weight is 278 g/mol. The molecule has 0 aromatic heterocycles. The third-order valence-electron chi connectivity index (χ3n) is 3.41. The molecule has 112 valence electrons. The summed E-state index contributed by atoms with van der Waals surface area (Å²) in [5.41, 5.74) is 2.47. The number of rotatable bonds is 7. The van der Waals surface area contributed by atoms with Crippen LogP contribution in [0.2, 0.25) is 0 Å². The monoisotopic (exact) mass is 278 g/mol. The van der Waals surface area contributed by atoms with Crippen LogP contribution in [0.1, 0.15) is 37.3 Å². The summed E-state index contributed by atoms with van der Waals surface area (Å²) < 4.78 is 0. The molecule has 0 saturated carbocycles. The van der Waals surface area contributed by atoms with Crippen LogP contribution in [0.4, 0.5) is 4.79 Å². The highest BCUT2D eigenvalue weighted by molar-refractivity contribution is 5.73. The maximum Gasteiger partial charge on any atom is 0.314 e. The van der Waals surface area contributed by atoms with E-state index in [4.69, 9.17) is 5.11 Å². The highest BCUT2D eigenvalue weighted by atomic mass is 16.3. The van der Waals surface area contributed by atoms with Crippen LogP contribution < -0.4 is 10.6 Å². The standard InChI is InChI=1S/C16H26N2O2/c1-12-5-4-6-15(9-12)14(3)11-18-16(20)17-10-13(2)7-8-19/h4-6,9,13-14,19H,7-8,10-11H2,1-3H3,(H2,17,18,20). The Bertz CT molecular complexity index is 421. The normalized spacial score (nSPS) is 13.6. The first-order valence-electron chi connectivity index (χ1n) is 7.22. The first-order valence-corrected chi connectivity index (χ1v) is 7.22. The van der Waals surface area contributed by atoms with Crippen LogP contribution in [0.3, 0.4) is 0 Å². The second-order valence-electron chi connectivity index (χ2n) is 5.52. The molecule has 2 unspecified atom stereocenters. The van der Waals surface area contributed by atoms with E-state index in [1.807, 2.05) is 13.0 Å². The number of amides is 2. The van der Waals surface area contributed by atoms with Gasteiger partial charge in [-0.1, -0.05) is 43.7 Å². The Morgan fingerprint density at radius 2 is 1.95 bits per heavy atom. The fourth-order valence-electron chi connectivity index (χ4n) is 1.99. The first kappa shape index (κ1) is 16.5. The number of aliphatic hydroxyl groups excluding tert-OH is 1. The molecule has 0 heterocycles. The van der Waals surface area contributed by atoms with Crippen molar-refractivity contribution in [2.45, 2.75) is 33.1 Å². The number of hydrogen-bond donors (Lipinski definition) is 3. The van der Waals surface area contributed by atoms with Gasteiger partial charge in [0.25, 0.3) is 0 Å². The summed E-state index contributed by atoms with van der Waals surface area (Å²) in [6.07, 6.45) is 0.708. The van der Waals surface area contributed by atoms with Gasteiger partial charge in [-0.05, 0) is 30.7 Å². The number of aryl methyl sites for hydroxylation is 1. The van der Waals surface area contributed by atoms with Crippen LogP contribution in [-0.4, -0.2) is 30.8 Å². The Hall–Kier alpha value is -1.55. The summed E-state index contributed by atoms with van der Waals surface area (Å²) in [7, 11) is 0. The molecule has 1 aromatic carbocycles. The summed E-state index contributed by atoms with van der Waals surface area (Å²) in [6.45, 7) is 7.54. The minimum absolute atomic E-state index is 0.144. The second kappa shape index (κ2) is 8.59. The number of nitrogens with one attached hydrogen (secondary N) is 2. The van der Waals surface area contributed by atoms with E-state index in [2.05, 4.69) is 42.7 Å². The zero-order valence-electron chi connectivity index (χ0n) is 12.6. The van der Waals surface area contributed by atoms with E-state index in [1.165, 1.54) is 11.1 Å². The van der Waals surface area contributed by atoms with Gasteiger partial charge in [-0.15, -0.1) is 0 Å².